The first-order valence-electron chi connectivity index (χ1n) is 5.54. The summed E-state index contributed by atoms with van der Waals surface area (Å²) >= 11 is 0. The van der Waals surface area contributed by atoms with Crippen LogP contribution in [0.4, 0.5) is 5.69 Å². The molecule has 5 nitrogen and oxygen atoms in total. The molecule has 0 aromatic carbocycles. The predicted octanol–water partition coefficient (Wildman–Crippen LogP) is 0.297. The fourth-order valence-corrected chi connectivity index (χ4v) is 1.92. The zero-order valence-corrected chi connectivity index (χ0v) is 9.39. The molecule has 16 heavy (non-hydrogen) atoms. The maximum atomic E-state index is 12.0. The van der Waals surface area contributed by atoms with E-state index in [1.54, 1.807) is 17.2 Å². The number of amides is 1. The Kier molecular flexibility index (Phi) is 2.87. The zero-order valence-electron chi connectivity index (χ0n) is 9.39. The molecule has 1 saturated heterocycles. The Morgan fingerprint density at radius 3 is 2.88 bits per heavy atom. The number of carbonyl (C=O) groups excluding carboxylic acids is 1. The number of nitrogens with two attached hydrogens (primary N) is 1. The van der Waals surface area contributed by atoms with Gasteiger partial charge < -0.3 is 20.3 Å². The van der Waals surface area contributed by atoms with Gasteiger partial charge >= 0.3 is 0 Å². The number of aliphatic hydroxyl groups excluding tert-OH is 1. The van der Waals surface area contributed by atoms with E-state index in [1.165, 1.54) is 0 Å². The molecule has 0 aliphatic carbocycles. The van der Waals surface area contributed by atoms with Gasteiger partial charge in [0.2, 0.25) is 0 Å². The molecule has 0 unspecified atom stereocenters. The second-order valence-corrected chi connectivity index (χ2v) is 4.22. The summed E-state index contributed by atoms with van der Waals surface area (Å²) in [6, 6.07) is 1.70. The van der Waals surface area contributed by atoms with Crippen molar-refractivity contribution in [1.29, 1.82) is 0 Å². The van der Waals surface area contributed by atoms with Crippen LogP contribution in [0.5, 0.6) is 0 Å². The standard InChI is InChI=1S/C11H17N3O2/c1-2-3-13-5-8(12)4-10(13)11(16)14-6-9(15)7-14/h4-5,9,15H,2-3,6-7,12H2,1H3. The first kappa shape index (κ1) is 11.0. The number of nitrogen functional groups attached to an aromatic ring is 1. The van der Waals surface area contributed by atoms with Crippen LogP contribution in [0.15, 0.2) is 12.3 Å². The van der Waals surface area contributed by atoms with Crippen LogP contribution in [0.1, 0.15) is 23.8 Å². The molecule has 1 aliphatic rings. The van der Waals surface area contributed by atoms with Crippen molar-refractivity contribution in [3.05, 3.63) is 18.0 Å². The Morgan fingerprint density at radius 2 is 2.31 bits per heavy atom. The largest absolute Gasteiger partial charge is 0.397 e. The van der Waals surface area contributed by atoms with Crippen molar-refractivity contribution >= 4 is 11.6 Å². The van der Waals surface area contributed by atoms with Gasteiger partial charge in [-0.2, -0.15) is 0 Å². The van der Waals surface area contributed by atoms with E-state index in [2.05, 4.69) is 6.92 Å². The third kappa shape index (κ3) is 1.90. The molecule has 0 spiro atoms. The molecule has 5 heteroatoms. The SMILES string of the molecule is CCCn1cc(N)cc1C(=O)N1CC(O)C1. The first-order valence-corrected chi connectivity index (χ1v) is 5.54. The number of anilines is 1. The van der Waals surface area contributed by atoms with E-state index in [-0.39, 0.29) is 12.0 Å². The summed E-state index contributed by atoms with van der Waals surface area (Å²) in [4.78, 5) is 13.7. The molecule has 3 N–H and O–H groups in total. The number of hydrogen-bond acceptors (Lipinski definition) is 3. The molecule has 1 amide bonds. The normalized spacial score (nSPS) is 16.2. The molecule has 0 bridgehead atoms. The second kappa shape index (κ2) is 4.17. The number of β-amino-alcohol motifs (C(OH)–C–C–N with tert-alkyl or cyclic N) is 1. The minimum Gasteiger partial charge on any atom is -0.397 e. The van der Waals surface area contributed by atoms with Gasteiger partial charge in [0.05, 0.1) is 11.8 Å². The monoisotopic (exact) mass is 223 g/mol. The van der Waals surface area contributed by atoms with Crippen LogP contribution in [-0.2, 0) is 6.54 Å². The maximum absolute atomic E-state index is 12.0. The van der Waals surface area contributed by atoms with Gasteiger partial charge in [0.1, 0.15) is 5.69 Å². The lowest BCUT2D eigenvalue weighted by molar-refractivity contribution is 0.00518. The number of aryl methyl sites for hydroxylation is 1. The maximum Gasteiger partial charge on any atom is 0.270 e. The third-order valence-corrected chi connectivity index (χ3v) is 2.75. The number of hydrogen-bond donors (Lipinski definition) is 2. The van der Waals surface area contributed by atoms with Crippen molar-refractivity contribution in [3.63, 3.8) is 0 Å². The molecule has 1 aliphatic heterocycles. The number of aromatic nitrogens is 1. The van der Waals surface area contributed by atoms with Crippen LogP contribution in [0.2, 0.25) is 0 Å². The third-order valence-electron chi connectivity index (χ3n) is 2.75. The summed E-state index contributed by atoms with van der Waals surface area (Å²) in [5.74, 6) is -0.0459. The van der Waals surface area contributed by atoms with Gasteiger partial charge in [-0.05, 0) is 12.5 Å². The summed E-state index contributed by atoms with van der Waals surface area (Å²) in [5, 5.41) is 9.17. The number of nitrogens with zero attached hydrogens (tertiary/aromatic N) is 2. The van der Waals surface area contributed by atoms with Crippen molar-refractivity contribution in [2.75, 3.05) is 18.8 Å². The van der Waals surface area contributed by atoms with Crippen LogP contribution >= 0.6 is 0 Å². The van der Waals surface area contributed by atoms with Gasteiger partial charge in [-0.25, -0.2) is 0 Å². The molecule has 1 aromatic heterocycles. The average Bonchev–Trinajstić information content (AvgIpc) is 2.54. The van der Waals surface area contributed by atoms with Crippen molar-refractivity contribution in [3.8, 4) is 0 Å². The van der Waals surface area contributed by atoms with E-state index < -0.39 is 0 Å². The second-order valence-electron chi connectivity index (χ2n) is 4.22. The first-order chi connectivity index (χ1) is 7.61. The van der Waals surface area contributed by atoms with E-state index in [4.69, 9.17) is 10.8 Å². The number of likely N-dealkylation sites (tertiary alicyclic amines) is 1. The highest BCUT2D eigenvalue weighted by atomic mass is 16.3. The van der Waals surface area contributed by atoms with Crippen molar-refractivity contribution in [2.24, 2.45) is 0 Å². The highest BCUT2D eigenvalue weighted by molar-refractivity contribution is 5.94. The minimum atomic E-state index is -0.365. The Hall–Kier alpha value is -1.49. The van der Waals surface area contributed by atoms with Gasteiger partial charge in [0.25, 0.3) is 5.91 Å². The van der Waals surface area contributed by atoms with Gasteiger partial charge in [-0.1, -0.05) is 6.92 Å². The van der Waals surface area contributed by atoms with Crippen LogP contribution in [0.25, 0.3) is 0 Å². The van der Waals surface area contributed by atoms with E-state index in [9.17, 15) is 4.79 Å². The average molecular weight is 223 g/mol. The lowest BCUT2D eigenvalue weighted by Gasteiger charge is -2.35. The van der Waals surface area contributed by atoms with E-state index in [0.717, 1.165) is 13.0 Å². The topological polar surface area (TPSA) is 71.5 Å². The highest BCUT2D eigenvalue weighted by Crippen LogP contribution is 2.17. The van der Waals surface area contributed by atoms with Crippen LogP contribution in [0, 0.1) is 0 Å². The van der Waals surface area contributed by atoms with Crippen LogP contribution in [-0.4, -0.2) is 39.7 Å². The molecule has 1 fully saturated rings. The highest BCUT2D eigenvalue weighted by Gasteiger charge is 2.30. The molecule has 2 rings (SSSR count). The molecular formula is C11H17N3O2. The summed E-state index contributed by atoms with van der Waals surface area (Å²) in [5.41, 5.74) is 6.92. The van der Waals surface area contributed by atoms with Crippen LogP contribution < -0.4 is 5.73 Å². The molecule has 2 heterocycles. The molecule has 0 radical (unpaired) electrons. The van der Waals surface area contributed by atoms with Gasteiger partial charge in [-0.3, -0.25) is 4.79 Å². The number of aliphatic hydroxyl groups is 1. The van der Waals surface area contributed by atoms with Crippen molar-refractivity contribution < 1.29 is 9.90 Å². The fourth-order valence-electron chi connectivity index (χ4n) is 1.92. The lowest BCUT2D eigenvalue weighted by atomic mass is 10.1. The summed E-state index contributed by atoms with van der Waals surface area (Å²) in [6.07, 6.45) is 2.38. The Morgan fingerprint density at radius 1 is 1.62 bits per heavy atom. The summed E-state index contributed by atoms with van der Waals surface area (Å²) in [6.45, 7) is 3.69. The van der Waals surface area contributed by atoms with E-state index >= 15 is 0 Å². The number of carbonyl (C=O) groups is 1. The van der Waals surface area contributed by atoms with E-state index in [1.807, 2.05) is 4.57 Å². The number of rotatable bonds is 3. The summed E-state index contributed by atoms with van der Waals surface area (Å²) in [7, 11) is 0. The molecule has 88 valence electrons. The van der Waals surface area contributed by atoms with Gasteiger partial charge in [-0.15, -0.1) is 0 Å². The van der Waals surface area contributed by atoms with Crippen LogP contribution in [0.3, 0.4) is 0 Å². The van der Waals surface area contributed by atoms with Crippen molar-refractivity contribution in [2.45, 2.75) is 26.0 Å². The molecule has 0 atom stereocenters. The Bertz CT molecular complexity index is 394. The van der Waals surface area contributed by atoms with Gasteiger partial charge in [0, 0.05) is 25.8 Å². The Balaban J connectivity index is 2.15. The predicted molar refractivity (Wildman–Crippen MR) is 61.0 cm³/mol. The zero-order chi connectivity index (χ0) is 11.7. The van der Waals surface area contributed by atoms with E-state index in [0.29, 0.717) is 24.5 Å². The minimum absolute atomic E-state index is 0.0459. The van der Waals surface area contributed by atoms with Gasteiger partial charge in [0.15, 0.2) is 0 Å². The van der Waals surface area contributed by atoms with Crippen molar-refractivity contribution in [1.82, 2.24) is 9.47 Å². The quantitative estimate of drug-likeness (QED) is 0.774. The molecule has 1 aromatic rings. The lowest BCUT2D eigenvalue weighted by Crippen LogP contribution is -2.53. The molecule has 0 saturated carbocycles. The Labute approximate surface area is 94.5 Å². The fraction of sp³-hybridized carbons (Fsp3) is 0.545. The smallest absolute Gasteiger partial charge is 0.270 e. The molecular weight excluding hydrogens is 206 g/mol. The summed E-state index contributed by atoms with van der Waals surface area (Å²) < 4.78 is 1.88.